The van der Waals surface area contributed by atoms with Crippen LogP contribution in [0.5, 0.6) is 0 Å². The molecule has 7 fully saturated rings. The minimum absolute atomic E-state index is 0.0275. The van der Waals surface area contributed by atoms with Crippen molar-refractivity contribution in [2.75, 3.05) is 19.8 Å². The Morgan fingerprint density at radius 2 is 1.33 bits per heavy atom. The fourth-order valence-electron chi connectivity index (χ4n) is 13.2. The van der Waals surface area contributed by atoms with Crippen LogP contribution in [-0.4, -0.2) is 181 Å². The molecule has 0 spiro atoms. The van der Waals surface area contributed by atoms with Gasteiger partial charge in [0, 0.05) is 24.7 Å². The Labute approximate surface area is 369 Å². The van der Waals surface area contributed by atoms with Gasteiger partial charge in [0.1, 0.15) is 78.7 Å². The Balaban J connectivity index is 0.945. The van der Waals surface area contributed by atoms with Crippen LogP contribution in [0.15, 0.2) is 0 Å². The molecule has 7 unspecified atom stereocenters. The molecular weight excluding hydrogens is 828 g/mol. The molecule has 0 radical (unpaired) electrons. The van der Waals surface area contributed by atoms with Crippen molar-refractivity contribution in [1.82, 2.24) is 0 Å². The lowest BCUT2D eigenvalue weighted by Gasteiger charge is -2.61. The number of carbonyl (C=O) groups excluding carboxylic acids is 2. The summed E-state index contributed by atoms with van der Waals surface area (Å²) in [6.45, 7) is 8.85. The Morgan fingerprint density at radius 1 is 0.714 bits per heavy atom. The van der Waals surface area contributed by atoms with Crippen LogP contribution in [0.25, 0.3) is 0 Å². The van der Waals surface area contributed by atoms with Gasteiger partial charge in [-0.25, -0.2) is 0 Å². The van der Waals surface area contributed by atoms with Crippen LogP contribution in [0.1, 0.15) is 98.8 Å². The average Bonchev–Trinajstić information content (AvgIpc) is 3.54. The number of ether oxygens (including phenoxy) is 6. The van der Waals surface area contributed by atoms with E-state index in [-0.39, 0.29) is 65.2 Å². The molecule has 7 aliphatic rings. The van der Waals surface area contributed by atoms with E-state index in [4.69, 9.17) is 28.4 Å². The molecule has 0 bridgehead atoms. The van der Waals surface area contributed by atoms with E-state index in [2.05, 4.69) is 13.8 Å². The quantitative estimate of drug-likeness (QED) is 0.0965. The molecule has 4 saturated carbocycles. The van der Waals surface area contributed by atoms with Crippen molar-refractivity contribution >= 4 is 11.6 Å². The monoisotopic (exact) mass is 902 g/mol. The molecule has 362 valence electrons. The second kappa shape index (κ2) is 19.7. The first-order valence-corrected chi connectivity index (χ1v) is 23.4. The summed E-state index contributed by atoms with van der Waals surface area (Å²) in [4.78, 5) is 27.8. The van der Waals surface area contributed by atoms with Crippen molar-refractivity contribution < 1.29 is 89.1 Å². The smallest absolute Gasteiger partial charge is 0.187 e. The van der Waals surface area contributed by atoms with Crippen LogP contribution in [0.3, 0.4) is 0 Å². The van der Waals surface area contributed by atoms with Crippen LogP contribution in [0.4, 0.5) is 0 Å². The molecule has 18 nitrogen and oxygen atoms in total. The van der Waals surface area contributed by atoms with Crippen LogP contribution in [-0.2, 0) is 38.0 Å². The summed E-state index contributed by atoms with van der Waals surface area (Å²) in [7, 11) is 0. The third kappa shape index (κ3) is 9.33. The van der Waals surface area contributed by atoms with Gasteiger partial charge >= 0.3 is 0 Å². The van der Waals surface area contributed by atoms with Gasteiger partial charge in [0.25, 0.3) is 0 Å². The van der Waals surface area contributed by atoms with E-state index in [9.17, 15) is 60.7 Å². The van der Waals surface area contributed by atoms with Crippen LogP contribution >= 0.6 is 0 Å². The van der Waals surface area contributed by atoms with Crippen molar-refractivity contribution in [2.24, 2.45) is 52.3 Å². The topological polar surface area (TPSA) is 292 Å². The molecule has 3 heterocycles. The van der Waals surface area contributed by atoms with Crippen LogP contribution in [0, 0.1) is 52.3 Å². The highest BCUT2D eigenvalue weighted by Crippen LogP contribution is 2.68. The molecule has 3 aliphatic heterocycles. The first kappa shape index (κ1) is 49.6. The summed E-state index contributed by atoms with van der Waals surface area (Å²) in [6, 6.07) is 0. The molecule has 4 aliphatic carbocycles. The standard InChI is InChI=1S/C45H74O18/c1-19(18-58-41-38(56)36(54)33(51)29(16-46)61-41)6-9-27(48)20(2)31-28(49)15-26-24-8-7-22-14-23(10-12-44(22,4)25(24)11-13-45(26,31)5)60-43-40(37(55)34(52)30(17-47)62-43)63-42-39(57)35(53)32(50)21(3)59-42/h19-26,29-43,46-47,50-57H,6-18H2,1-5H3/t19?,20?,21-,22?,23+,24?,25?,26?,29-,30-,31?,32-,33-,34-,35-,36-,37-,38-,39-,40-,41-,42+,43-,44+,45+/m1/s1. The van der Waals surface area contributed by atoms with Crippen molar-refractivity contribution in [1.29, 1.82) is 0 Å². The fraction of sp³-hybridized carbons (Fsp3) is 0.956. The molecule has 0 aromatic rings. The Kier molecular flexibility index (Phi) is 15.5. The van der Waals surface area contributed by atoms with E-state index in [1.807, 2.05) is 13.8 Å². The van der Waals surface area contributed by atoms with Crippen molar-refractivity contribution in [3.63, 3.8) is 0 Å². The highest BCUT2D eigenvalue weighted by Gasteiger charge is 2.64. The number of aliphatic hydroxyl groups excluding tert-OH is 10. The third-order valence-electron chi connectivity index (χ3n) is 17.1. The average molecular weight is 903 g/mol. The zero-order valence-electron chi connectivity index (χ0n) is 37.2. The summed E-state index contributed by atoms with van der Waals surface area (Å²) in [5.74, 6) is 0.415. The van der Waals surface area contributed by atoms with Gasteiger partial charge in [-0.15, -0.1) is 0 Å². The van der Waals surface area contributed by atoms with E-state index >= 15 is 0 Å². The Hall–Kier alpha value is -1.30. The number of hydrogen-bond donors (Lipinski definition) is 10. The molecule has 0 aromatic carbocycles. The second-order valence-corrected chi connectivity index (χ2v) is 20.8. The van der Waals surface area contributed by atoms with Gasteiger partial charge in [-0.2, -0.15) is 0 Å². The summed E-state index contributed by atoms with van der Waals surface area (Å²) in [5, 5.41) is 103. The van der Waals surface area contributed by atoms with Gasteiger partial charge < -0.3 is 79.5 Å². The maximum Gasteiger partial charge on any atom is 0.187 e. The number of ketones is 2. The number of fused-ring (bicyclic) bond motifs is 5. The van der Waals surface area contributed by atoms with Gasteiger partial charge in [0.2, 0.25) is 0 Å². The molecule has 63 heavy (non-hydrogen) atoms. The lowest BCUT2D eigenvalue weighted by Crippen LogP contribution is -2.64. The van der Waals surface area contributed by atoms with Gasteiger partial charge in [0.05, 0.1) is 32.0 Å². The third-order valence-corrected chi connectivity index (χ3v) is 17.1. The van der Waals surface area contributed by atoms with Crippen molar-refractivity contribution in [3.8, 4) is 0 Å². The van der Waals surface area contributed by atoms with Crippen molar-refractivity contribution in [2.45, 2.75) is 197 Å². The summed E-state index contributed by atoms with van der Waals surface area (Å²) >= 11 is 0. The Bertz CT molecular complexity index is 1570. The van der Waals surface area contributed by atoms with Gasteiger partial charge in [-0.3, -0.25) is 9.59 Å². The van der Waals surface area contributed by atoms with E-state index in [1.165, 1.54) is 6.92 Å². The van der Waals surface area contributed by atoms with Crippen LogP contribution in [0.2, 0.25) is 0 Å². The number of Topliss-reactive ketones (excluding diaryl/α,β-unsaturated/α-hetero) is 2. The predicted molar refractivity (Wildman–Crippen MR) is 218 cm³/mol. The minimum atomic E-state index is -1.66. The molecule has 18 heteroatoms. The van der Waals surface area contributed by atoms with E-state index in [0.29, 0.717) is 37.5 Å². The number of rotatable bonds is 14. The molecule has 0 aromatic heterocycles. The summed E-state index contributed by atoms with van der Waals surface area (Å²) < 4.78 is 35.2. The Morgan fingerprint density at radius 3 is 2.02 bits per heavy atom. The first-order chi connectivity index (χ1) is 29.7. The van der Waals surface area contributed by atoms with Gasteiger partial charge in [-0.1, -0.05) is 27.7 Å². The predicted octanol–water partition coefficient (Wildman–Crippen LogP) is -0.701. The van der Waals surface area contributed by atoms with Crippen molar-refractivity contribution in [3.05, 3.63) is 0 Å². The number of hydrogen-bond acceptors (Lipinski definition) is 18. The normalized spacial score (nSPS) is 51.2. The zero-order chi connectivity index (χ0) is 45.9. The summed E-state index contributed by atoms with van der Waals surface area (Å²) in [5.41, 5.74) is -0.335. The van der Waals surface area contributed by atoms with Gasteiger partial charge in [-0.05, 0) is 98.7 Å². The molecule has 25 atom stereocenters. The van der Waals surface area contributed by atoms with Crippen LogP contribution < -0.4 is 0 Å². The maximum atomic E-state index is 14.0. The van der Waals surface area contributed by atoms with E-state index in [0.717, 1.165) is 32.1 Å². The fourth-order valence-corrected chi connectivity index (χ4v) is 13.2. The highest BCUT2D eigenvalue weighted by molar-refractivity contribution is 5.92. The molecule has 0 amide bonds. The molecular formula is C45H74O18. The van der Waals surface area contributed by atoms with Gasteiger partial charge in [0.15, 0.2) is 18.9 Å². The SMILES string of the molecule is CC(CCC(=O)C(C)C1C(=O)CC2C3CCC4C[C@@H](O[C@@H]5O[C@H](CO)[C@@H](O)[C@@H](O)[C@H]5O[C@@H]5O[C@H](C)[C@@H](O)[C@@H](O)[C@H]5O)CC[C@]4(C)C3CC[C@@]21C)CO[C@@H]1O[C@H](CO)[C@@H](O)[C@@H](O)[C@H]1O. The summed E-state index contributed by atoms with van der Waals surface area (Å²) in [6.07, 6.45) is -14.0. The minimum Gasteiger partial charge on any atom is -0.394 e. The van der Waals surface area contributed by atoms with E-state index in [1.54, 1.807) is 0 Å². The van der Waals surface area contributed by atoms with E-state index < -0.39 is 111 Å². The second-order valence-electron chi connectivity index (χ2n) is 20.8. The molecule has 7 rings (SSSR count). The number of aliphatic hydroxyl groups is 10. The first-order valence-electron chi connectivity index (χ1n) is 23.4. The molecule has 10 N–H and O–H groups in total. The largest absolute Gasteiger partial charge is 0.394 e. The lowest BCUT2D eigenvalue weighted by atomic mass is 9.44. The zero-order valence-corrected chi connectivity index (χ0v) is 37.2. The lowest BCUT2D eigenvalue weighted by molar-refractivity contribution is -0.371. The highest BCUT2D eigenvalue weighted by atomic mass is 16.8. The maximum absolute atomic E-state index is 14.0. The number of carbonyl (C=O) groups is 2. The molecule has 3 saturated heterocycles.